The zero-order valence-corrected chi connectivity index (χ0v) is 8.05. The van der Waals surface area contributed by atoms with Crippen molar-refractivity contribution in [2.24, 2.45) is 0 Å². The van der Waals surface area contributed by atoms with Crippen LogP contribution in [0.25, 0.3) is 0 Å². The van der Waals surface area contributed by atoms with Gasteiger partial charge in [0.05, 0.1) is 0 Å². The second-order valence-corrected chi connectivity index (χ2v) is 2.65. The molecule has 0 aromatic heterocycles. The van der Waals surface area contributed by atoms with Gasteiger partial charge in [0.2, 0.25) is 0 Å². The molecular weight excluding hydrogens is 223 g/mol. The minimum absolute atomic E-state index is 0. The average molecular weight is 229 g/mol. The van der Waals surface area contributed by atoms with Crippen LogP contribution in [0.1, 0.15) is 0 Å². The van der Waals surface area contributed by atoms with E-state index < -0.39 is 0 Å². The number of hydrogen-bond acceptors (Lipinski definition) is 0. The molecule has 0 aliphatic carbocycles. The van der Waals surface area contributed by atoms with E-state index in [1.54, 1.807) is 0 Å². The minimum Gasteiger partial charge on any atom is -1.00 e. The molecule has 0 saturated carbocycles. The second kappa shape index (κ2) is 30.5. The molecule has 0 radical (unpaired) electrons. The number of hydrogen-bond donors (Lipinski definition) is 0. The summed E-state index contributed by atoms with van der Waals surface area (Å²) in [6.45, 7) is 0. The maximum atomic E-state index is 2.28. The van der Waals surface area contributed by atoms with Gasteiger partial charge in [-0.15, -0.1) is 0 Å². The van der Waals surface area contributed by atoms with E-state index in [2.05, 4.69) is 10.3 Å². The van der Waals surface area contributed by atoms with E-state index in [0.717, 1.165) is 0 Å². The van der Waals surface area contributed by atoms with Crippen molar-refractivity contribution in [2.75, 3.05) is 0 Å². The van der Waals surface area contributed by atoms with Crippen LogP contribution < -0.4 is 37.2 Å². The zero-order chi connectivity index (χ0) is 2.71. The van der Waals surface area contributed by atoms with Crippen LogP contribution in [0.5, 0.6) is 0 Å². The topological polar surface area (TPSA) is 0 Å². The third kappa shape index (κ3) is 46.0. The van der Waals surface area contributed by atoms with Crippen LogP contribution in [-0.4, -0.2) is 0 Å². The molecule has 0 atom stereocenters. The fraction of sp³-hybridized carbons (Fsp3) is 1.00. The van der Waals surface area contributed by atoms with Crippen molar-refractivity contribution in [2.45, 2.75) is 10.3 Å². The Labute approximate surface area is 67.0 Å². The number of halogens is 3. The first-order valence-corrected chi connectivity index (χ1v) is 5.29. The molecular formula is C2H6Cl3Nb. The van der Waals surface area contributed by atoms with Gasteiger partial charge in [0.15, 0.2) is 0 Å². The molecule has 0 aliphatic heterocycles. The molecule has 0 rings (SSSR count). The van der Waals surface area contributed by atoms with Gasteiger partial charge in [-0.2, -0.15) is 0 Å². The largest absolute Gasteiger partial charge is 1.00 e. The first kappa shape index (κ1) is 25.5. The maximum absolute atomic E-state index is 2.28. The molecule has 0 N–H and O–H groups in total. The van der Waals surface area contributed by atoms with Crippen LogP contribution in [0.15, 0.2) is 0 Å². The Balaban J connectivity index is -0.00000000667. The third-order valence-corrected chi connectivity index (χ3v) is 0. The van der Waals surface area contributed by atoms with Gasteiger partial charge in [0, 0.05) is 0 Å². The van der Waals surface area contributed by atoms with Gasteiger partial charge in [0.1, 0.15) is 0 Å². The van der Waals surface area contributed by atoms with Crippen LogP contribution in [-0.2, 0) is 19.8 Å². The Kier molecular flexibility index (Phi) is 130. The number of rotatable bonds is 0. The van der Waals surface area contributed by atoms with Crippen molar-refractivity contribution < 1.29 is 57.0 Å². The molecule has 4 heteroatoms. The van der Waals surface area contributed by atoms with E-state index >= 15 is 0 Å². The molecule has 0 aromatic rings. The van der Waals surface area contributed by atoms with Crippen molar-refractivity contribution in [1.82, 2.24) is 0 Å². The molecule has 0 saturated heterocycles. The molecule has 0 aliphatic rings. The van der Waals surface area contributed by atoms with Crippen LogP contribution in [0.2, 0.25) is 10.3 Å². The van der Waals surface area contributed by atoms with Crippen LogP contribution >= 0.6 is 0 Å². The molecule has 0 aromatic carbocycles. The average Bonchev–Trinajstić information content (AvgIpc) is 0.918. The predicted octanol–water partition coefficient (Wildman–Crippen LogP) is -7.82. The molecule has 6 heavy (non-hydrogen) atoms. The summed E-state index contributed by atoms with van der Waals surface area (Å²) in [4.78, 5) is 0. The van der Waals surface area contributed by atoms with Crippen molar-refractivity contribution in [3.8, 4) is 0 Å². The van der Waals surface area contributed by atoms with Gasteiger partial charge < -0.3 is 37.2 Å². The summed E-state index contributed by atoms with van der Waals surface area (Å²) in [5.41, 5.74) is 0. The molecule has 0 fully saturated rings. The van der Waals surface area contributed by atoms with Crippen molar-refractivity contribution >= 4 is 0 Å². The SMILES string of the molecule is [CH3][Nb+3][CH3].[Cl-].[Cl-].[Cl-]. The third-order valence-electron chi connectivity index (χ3n) is 0. The second-order valence-electron chi connectivity index (χ2n) is 0.447. The molecule has 0 bridgehead atoms. The summed E-state index contributed by atoms with van der Waals surface area (Å²) < 4.78 is 0. The van der Waals surface area contributed by atoms with Gasteiger partial charge in [-0.05, 0) is 0 Å². The van der Waals surface area contributed by atoms with E-state index in [9.17, 15) is 0 Å². The first-order valence-electron chi connectivity index (χ1n) is 0.894. The summed E-state index contributed by atoms with van der Waals surface area (Å²) in [5, 5.41) is 4.55. The summed E-state index contributed by atoms with van der Waals surface area (Å²) in [5.74, 6) is 0. The monoisotopic (exact) mass is 228 g/mol. The minimum atomic E-state index is 0. The molecule has 0 nitrogen and oxygen atoms in total. The van der Waals surface area contributed by atoms with E-state index in [1.807, 2.05) is 0 Å². The Morgan fingerprint density at radius 3 is 0.833 bits per heavy atom. The molecule has 0 heterocycles. The van der Waals surface area contributed by atoms with Gasteiger partial charge in [-0.3, -0.25) is 0 Å². The predicted molar refractivity (Wildman–Crippen MR) is 11.7 cm³/mol. The molecule has 40 valence electrons. The van der Waals surface area contributed by atoms with E-state index in [1.165, 1.54) is 0 Å². The Morgan fingerprint density at radius 2 is 0.833 bits per heavy atom. The Bertz CT molecular complexity index is 8.75. The smallest absolute Gasteiger partial charge is 1.00 e. The summed E-state index contributed by atoms with van der Waals surface area (Å²) in [6, 6.07) is 0. The fourth-order valence-electron chi connectivity index (χ4n) is 0. The van der Waals surface area contributed by atoms with Crippen molar-refractivity contribution in [3.05, 3.63) is 0 Å². The summed E-state index contributed by atoms with van der Waals surface area (Å²) in [7, 11) is 0. The molecule has 0 unspecified atom stereocenters. The standard InChI is InChI=1S/2CH3.3ClH.Nb/h2*1H3;3*1H;/q;;;;;+3/p-3. The zero-order valence-electron chi connectivity index (χ0n) is 3.58. The van der Waals surface area contributed by atoms with E-state index in [4.69, 9.17) is 0 Å². The van der Waals surface area contributed by atoms with E-state index in [0.29, 0.717) is 19.8 Å². The van der Waals surface area contributed by atoms with Crippen LogP contribution in [0.4, 0.5) is 0 Å². The Morgan fingerprint density at radius 1 is 0.833 bits per heavy atom. The van der Waals surface area contributed by atoms with Crippen LogP contribution in [0, 0.1) is 0 Å². The molecule has 0 spiro atoms. The quantitative estimate of drug-likeness (QED) is 0.362. The first-order chi connectivity index (χ1) is 1.41. The van der Waals surface area contributed by atoms with Gasteiger partial charge in [-0.1, -0.05) is 0 Å². The summed E-state index contributed by atoms with van der Waals surface area (Å²) >= 11 is 0.350. The van der Waals surface area contributed by atoms with Crippen molar-refractivity contribution in [3.63, 3.8) is 0 Å². The normalized spacial score (nSPS) is 1.67. The van der Waals surface area contributed by atoms with Gasteiger partial charge in [-0.25, -0.2) is 0 Å². The molecule has 0 amide bonds. The van der Waals surface area contributed by atoms with Gasteiger partial charge >= 0.3 is 30.0 Å². The fourth-order valence-corrected chi connectivity index (χ4v) is 0. The Hall–Kier alpha value is 1.61. The van der Waals surface area contributed by atoms with E-state index in [-0.39, 0.29) is 37.2 Å². The maximum Gasteiger partial charge on any atom is -1.00 e. The van der Waals surface area contributed by atoms with Crippen LogP contribution in [0.3, 0.4) is 0 Å². The van der Waals surface area contributed by atoms with Gasteiger partial charge in [0.25, 0.3) is 0 Å². The summed E-state index contributed by atoms with van der Waals surface area (Å²) in [6.07, 6.45) is 0. The van der Waals surface area contributed by atoms with Crippen molar-refractivity contribution in [1.29, 1.82) is 0 Å².